The van der Waals surface area contributed by atoms with Crippen LogP contribution in [0.25, 0.3) is 0 Å². The Morgan fingerprint density at radius 2 is 1.72 bits per heavy atom. The van der Waals surface area contributed by atoms with Crippen molar-refractivity contribution in [2.24, 2.45) is 10.3 Å². The highest BCUT2D eigenvalue weighted by atomic mass is 19.1. The minimum Gasteiger partial charge on any atom is -0.271 e. The molecule has 2 aromatic carbocycles. The normalized spacial score (nSPS) is 22.0. The number of carbonyl (C=O) groups excluding carboxylic acids is 2. The van der Waals surface area contributed by atoms with Crippen molar-refractivity contribution in [3.63, 3.8) is 0 Å². The Kier molecular flexibility index (Phi) is 3.38. The lowest BCUT2D eigenvalue weighted by molar-refractivity contribution is -0.121. The van der Waals surface area contributed by atoms with Crippen LogP contribution in [0.4, 0.5) is 15.8 Å². The minimum absolute atomic E-state index is 0.335. The summed E-state index contributed by atoms with van der Waals surface area (Å²) in [6.07, 6.45) is 0. The fraction of sp³-hybridized carbons (Fsp3) is 0.222. The van der Waals surface area contributed by atoms with Gasteiger partial charge in [0.2, 0.25) is 0 Å². The molecule has 25 heavy (non-hydrogen) atoms. The van der Waals surface area contributed by atoms with Gasteiger partial charge in [-0.2, -0.15) is 5.11 Å². The number of imide groups is 1. The van der Waals surface area contributed by atoms with Gasteiger partial charge in [0.05, 0.1) is 11.4 Å². The number of carbonyl (C=O) groups is 2. The first-order valence-electron chi connectivity index (χ1n) is 7.88. The molecule has 1 fully saturated rings. The largest absolute Gasteiger partial charge is 0.271 e. The zero-order valence-electron chi connectivity index (χ0n) is 13.7. The minimum atomic E-state index is -0.877. The number of amides is 2. The average molecular weight is 338 g/mol. The van der Waals surface area contributed by atoms with Crippen molar-refractivity contribution >= 4 is 23.2 Å². The quantitative estimate of drug-likeness (QED) is 0.791. The van der Waals surface area contributed by atoms with Crippen molar-refractivity contribution in [3.8, 4) is 0 Å². The second kappa shape index (κ2) is 5.47. The van der Waals surface area contributed by atoms with Gasteiger partial charge in [-0.05, 0) is 49.7 Å². The van der Waals surface area contributed by atoms with E-state index in [1.54, 1.807) is 0 Å². The molecule has 0 bridgehead atoms. The van der Waals surface area contributed by atoms with Crippen LogP contribution in [0.2, 0.25) is 0 Å². The number of rotatable bonds is 2. The van der Waals surface area contributed by atoms with Gasteiger partial charge < -0.3 is 0 Å². The monoisotopic (exact) mass is 338 g/mol. The van der Waals surface area contributed by atoms with Gasteiger partial charge in [0.25, 0.3) is 11.8 Å². The number of anilines is 2. The van der Waals surface area contributed by atoms with E-state index in [0.717, 1.165) is 21.7 Å². The molecule has 0 aromatic heterocycles. The lowest BCUT2D eigenvalue weighted by atomic mass is 10.1. The second-order valence-corrected chi connectivity index (χ2v) is 6.22. The predicted molar refractivity (Wildman–Crippen MR) is 89.7 cm³/mol. The van der Waals surface area contributed by atoms with E-state index >= 15 is 0 Å². The Labute approximate surface area is 143 Å². The summed E-state index contributed by atoms with van der Waals surface area (Å²) in [4.78, 5) is 26.6. The van der Waals surface area contributed by atoms with E-state index in [2.05, 4.69) is 10.3 Å². The Morgan fingerprint density at radius 3 is 2.40 bits per heavy atom. The number of fused-ring (bicyclic) bond motifs is 1. The Balaban J connectivity index is 1.71. The standard InChI is InChI=1S/C18H15FN4O2/c1-10-3-8-14(11(2)9-10)23-16-15(20-21-23)17(24)22(18(16)25)13-6-4-12(19)5-7-13/h3-9,15-16H,1-2H3. The maximum atomic E-state index is 13.1. The number of benzene rings is 2. The van der Waals surface area contributed by atoms with Crippen molar-refractivity contribution < 1.29 is 14.0 Å². The molecule has 2 aliphatic rings. The summed E-state index contributed by atoms with van der Waals surface area (Å²) >= 11 is 0. The van der Waals surface area contributed by atoms with Gasteiger partial charge in [0, 0.05) is 0 Å². The average Bonchev–Trinajstić information content (AvgIpc) is 3.10. The van der Waals surface area contributed by atoms with Crippen LogP contribution in [-0.4, -0.2) is 23.9 Å². The molecule has 6 nitrogen and oxygen atoms in total. The van der Waals surface area contributed by atoms with Crippen molar-refractivity contribution in [2.75, 3.05) is 9.91 Å². The fourth-order valence-electron chi connectivity index (χ4n) is 3.27. The molecule has 2 heterocycles. The van der Waals surface area contributed by atoms with Gasteiger partial charge >= 0.3 is 0 Å². The third kappa shape index (κ3) is 2.31. The van der Waals surface area contributed by atoms with E-state index in [1.807, 2.05) is 32.0 Å². The molecule has 0 N–H and O–H groups in total. The molecule has 0 radical (unpaired) electrons. The molecule has 7 heteroatoms. The Hall–Kier alpha value is -3.09. The lowest BCUT2D eigenvalue weighted by Crippen LogP contribution is -2.40. The van der Waals surface area contributed by atoms with Crippen LogP contribution >= 0.6 is 0 Å². The van der Waals surface area contributed by atoms with Crippen LogP contribution in [-0.2, 0) is 9.59 Å². The van der Waals surface area contributed by atoms with Crippen LogP contribution in [0.15, 0.2) is 52.8 Å². The molecule has 1 saturated heterocycles. The van der Waals surface area contributed by atoms with E-state index in [4.69, 9.17) is 0 Å². The summed E-state index contributed by atoms with van der Waals surface area (Å²) in [5, 5.41) is 9.57. The zero-order valence-corrected chi connectivity index (χ0v) is 13.7. The summed E-state index contributed by atoms with van der Waals surface area (Å²) in [5.74, 6) is -1.29. The Morgan fingerprint density at radius 1 is 1.00 bits per heavy atom. The van der Waals surface area contributed by atoms with Gasteiger partial charge in [-0.15, -0.1) is 0 Å². The molecule has 2 unspecified atom stereocenters. The molecule has 0 aliphatic carbocycles. The van der Waals surface area contributed by atoms with Crippen molar-refractivity contribution in [3.05, 3.63) is 59.4 Å². The molecule has 2 aromatic rings. The van der Waals surface area contributed by atoms with Crippen LogP contribution in [0, 0.1) is 19.7 Å². The predicted octanol–water partition coefficient (Wildman–Crippen LogP) is 2.94. The smallest absolute Gasteiger partial charge is 0.263 e. The van der Waals surface area contributed by atoms with Crippen molar-refractivity contribution in [2.45, 2.75) is 25.9 Å². The van der Waals surface area contributed by atoms with Crippen LogP contribution in [0.5, 0.6) is 0 Å². The zero-order chi connectivity index (χ0) is 17.7. The molecule has 4 rings (SSSR count). The Bertz CT molecular complexity index is 910. The first kappa shape index (κ1) is 15.4. The number of halogens is 1. The maximum absolute atomic E-state index is 13.1. The van der Waals surface area contributed by atoms with E-state index in [-0.39, 0.29) is 0 Å². The summed E-state index contributed by atoms with van der Waals surface area (Å²) in [6.45, 7) is 3.90. The number of hydrogen-bond acceptors (Lipinski definition) is 5. The summed E-state index contributed by atoms with van der Waals surface area (Å²) in [5.41, 5.74) is 3.11. The first-order valence-corrected chi connectivity index (χ1v) is 7.88. The van der Waals surface area contributed by atoms with Gasteiger partial charge in [0.15, 0.2) is 12.1 Å². The number of aryl methyl sites for hydroxylation is 2. The third-order valence-electron chi connectivity index (χ3n) is 4.47. The fourth-order valence-corrected chi connectivity index (χ4v) is 3.27. The molecular weight excluding hydrogens is 323 g/mol. The lowest BCUT2D eigenvalue weighted by Gasteiger charge is -2.22. The first-order chi connectivity index (χ1) is 12.0. The molecule has 2 amide bonds. The van der Waals surface area contributed by atoms with Gasteiger partial charge in [0.1, 0.15) is 5.82 Å². The van der Waals surface area contributed by atoms with E-state index in [0.29, 0.717) is 5.69 Å². The molecule has 0 saturated carbocycles. The van der Waals surface area contributed by atoms with Gasteiger partial charge in [-0.1, -0.05) is 22.9 Å². The highest BCUT2D eigenvalue weighted by molar-refractivity contribution is 6.26. The van der Waals surface area contributed by atoms with E-state index < -0.39 is 29.7 Å². The number of nitrogens with zero attached hydrogens (tertiary/aromatic N) is 4. The number of hydrogen-bond donors (Lipinski definition) is 0. The van der Waals surface area contributed by atoms with Crippen molar-refractivity contribution in [1.82, 2.24) is 0 Å². The second-order valence-electron chi connectivity index (χ2n) is 6.22. The van der Waals surface area contributed by atoms with Crippen molar-refractivity contribution in [1.29, 1.82) is 0 Å². The van der Waals surface area contributed by atoms with E-state index in [9.17, 15) is 14.0 Å². The summed E-state index contributed by atoms with van der Waals surface area (Å²) < 4.78 is 13.1. The summed E-state index contributed by atoms with van der Waals surface area (Å²) in [7, 11) is 0. The molecule has 126 valence electrons. The summed E-state index contributed by atoms with van der Waals surface area (Å²) in [6, 6.07) is 9.33. The van der Waals surface area contributed by atoms with Crippen LogP contribution in [0.1, 0.15) is 11.1 Å². The third-order valence-corrected chi connectivity index (χ3v) is 4.47. The van der Waals surface area contributed by atoms with Gasteiger partial charge in [-0.3, -0.25) is 9.59 Å². The molecule has 2 aliphatic heterocycles. The maximum Gasteiger partial charge on any atom is 0.263 e. The molecular formula is C18H15FN4O2. The topological polar surface area (TPSA) is 65.3 Å². The SMILES string of the molecule is Cc1ccc(N2N=NC3C(=O)N(c4ccc(F)cc4)C(=O)C32)c(C)c1. The highest BCUT2D eigenvalue weighted by Gasteiger charge is 2.55. The van der Waals surface area contributed by atoms with Gasteiger partial charge in [-0.25, -0.2) is 14.3 Å². The highest BCUT2D eigenvalue weighted by Crippen LogP contribution is 2.36. The van der Waals surface area contributed by atoms with Crippen LogP contribution in [0.3, 0.4) is 0 Å². The molecule has 0 spiro atoms. The van der Waals surface area contributed by atoms with Crippen LogP contribution < -0.4 is 9.91 Å². The van der Waals surface area contributed by atoms with E-state index in [1.165, 1.54) is 29.3 Å². The molecule has 2 atom stereocenters.